The Labute approximate surface area is 290 Å². The summed E-state index contributed by atoms with van der Waals surface area (Å²) in [6.07, 6.45) is 0.785. The molecule has 0 aromatic heterocycles. The van der Waals surface area contributed by atoms with E-state index in [1.165, 1.54) is 30.3 Å². The molecule has 3 fully saturated rings. The van der Waals surface area contributed by atoms with Gasteiger partial charge in [0.2, 0.25) is 11.8 Å². The fourth-order valence-electron chi connectivity index (χ4n) is 8.83. The maximum atomic E-state index is 15.3. The number of benzene rings is 4. The van der Waals surface area contributed by atoms with Crippen molar-refractivity contribution in [1.82, 2.24) is 9.91 Å². The number of hydrazine groups is 1. The molecule has 6 atom stereocenters. The van der Waals surface area contributed by atoms with Crippen LogP contribution in [0.5, 0.6) is 5.75 Å². The van der Waals surface area contributed by atoms with Crippen molar-refractivity contribution in [3.63, 3.8) is 0 Å². The average molecular weight is 694 g/mol. The molecule has 12 heteroatoms. The molecular weight excluding hydrogens is 665 g/mol. The van der Waals surface area contributed by atoms with Gasteiger partial charge in [-0.2, -0.15) is 9.91 Å². The lowest BCUT2D eigenvalue weighted by Crippen LogP contribution is -2.53. The number of anilines is 1. The number of phenols is 1. The first kappa shape index (κ1) is 31.7. The number of hydrogen-bond acceptors (Lipinski definition) is 8. The summed E-state index contributed by atoms with van der Waals surface area (Å²) in [5, 5.41) is 14.5. The predicted octanol–water partition coefficient (Wildman–Crippen LogP) is 6.09. The van der Waals surface area contributed by atoms with Crippen LogP contribution in [-0.4, -0.2) is 51.8 Å². The van der Waals surface area contributed by atoms with E-state index in [0.29, 0.717) is 32.0 Å². The molecule has 5 amide bonds. The maximum Gasteiger partial charge on any atom is 0.423 e. The van der Waals surface area contributed by atoms with Gasteiger partial charge in [0, 0.05) is 16.5 Å². The SMILES string of the molecule is COC(=O)N1C(=O)C2CC=C3C(CC4C(=O)N(Nc5ccc(F)cc5)C(=O)C4(c4ccc(Cl)cc4)C3c3c(O)ccc4ccccc34)C2C1=O. The zero-order chi connectivity index (χ0) is 35.1. The number of rotatable bonds is 4. The van der Waals surface area contributed by atoms with Gasteiger partial charge < -0.3 is 9.84 Å². The van der Waals surface area contributed by atoms with Crippen molar-refractivity contribution in [2.45, 2.75) is 24.2 Å². The van der Waals surface area contributed by atoms with E-state index in [0.717, 1.165) is 17.5 Å². The monoisotopic (exact) mass is 693 g/mol. The van der Waals surface area contributed by atoms with E-state index in [9.17, 15) is 28.7 Å². The van der Waals surface area contributed by atoms with E-state index in [-0.39, 0.29) is 24.3 Å². The molecular formula is C38H29ClFN3O7. The standard InChI is InChI=1S/C38H29ClFN3O7/c1-50-37(49)42-33(45)26-16-15-25-27(30(26)35(42)47)18-28-34(46)43(41-23-13-11-22(40)12-14-23)36(48)38(28,20-7-9-21(39)10-8-20)32(25)31-24-5-3-2-4-19(24)6-17-29(31)44/h2-15,17,26-28,30,32,41,44H,16,18H2,1H3. The highest BCUT2D eigenvalue weighted by Gasteiger charge is 2.71. The van der Waals surface area contributed by atoms with Gasteiger partial charge in [-0.15, -0.1) is 0 Å². The third kappa shape index (κ3) is 4.35. The second-order valence-corrected chi connectivity index (χ2v) is 13.5. The third-order valence-corrected chi connectivity index (χ3v) is 11.1. The van der Waals surface area contributed by atoms with Crippen molar-refractivity contribution in [2.24, 2.45) is 23.7 Å². The van der Waals surface area contributed by atoms with Crippen LogP contribution in [0.25, 0.3) is 10.8 Å². The van der Waals surface area contributed by atoms with Crippen molar-refractivity contribution in [1.29, 1.82) is 0 Å². The van der Waals surface area contributed by atoms with Crippen LogP contribution in [0.15, 0.2) is 96.6 Å². The summed E-state index contributed by atoms with van der Waals surface area (Å²) < 4.78 is 18.6. The number of nitrogens with zero attached hydrogens (tertiary/aromatic N) is 2. The molecule has 2 aliphatic carbocycles. The van der Waals surface area contributed by atoms with Crippen LogP contribution in [0.4, 0.5) is 14.9 Å². The molecule has 0 spiro atoms. The maximum absolute atomic E-state index is 15.3. The van der Waals surface area contributed by atoms with E-state index in [2.05, 4.69) is 5.43 Å². The zero-order valence-electron chi connectivity index (χ0n) is 26.5. The molecule has 10 nitrogen and oxygen atoms in total. The molecule has 4 aromatic carbocycles. The van der Waals surface area contributed by atoms with E-state index in [1.807, 2.05) is 24.3 Å². The quantitative estimate of drug-likeness (QED) is 0.194. The Bertz CT molecular complexity index is 2170. The van der Waals surface area contributed by atoms with Gasteiger partial charge in [0.15, 0.2) is 0 Å². The number of fused-ring (bicyclic) bond motifs is 5. The number of aromatic hydroxyl groups is 1. The summed E-state index contributed by atoms with van der Waals surface area (Å²) >= 11 is 6.35. The van der Waals surface area contributed by atoms with Crippen molar-refractivity contribution >= 4 is 57.8 Å². The van der Waals surface area contributed by atoms with Gasteiger partial charge in [-0.05, 0) is 77.6 Å². The summed E-state index contributed by atoms with van der Waals surface area (Å²) in [6.45, 7) is 0. The lowest BCUT2D eigenvalue weighted by atomic mass is 9.48. The number of nitrogens with one attached hydrogen (secondary N) is 1. The van der Waals surface area contributed by atoms with Gasteiger partial charge >= 0.3 is 6.09 Å². The Hall–Kier alpha value is -5.55. The van der Waals surface area contributed by atoms with Crippen LogP contribution >= 0.6 is 11.6 Å². The van der Waals surface area contributed by atoms with Crippen LogP contribution in [-0.2, 0) is 29.3 Å². The number of phenolic OH excluding ortho intramolecular Hbond substituents is 1. The smallest absolute Gasteiger partial charge is 0.423 e. The summed E-state index contributed by atoms with van der Waals surface area (Å²) in [4.78, 5) is 70.7. The number of likely N-dealkylation sites (tertiary alicyclic amines) is 1. The van der Waals surface area contributed by atoms with E-state index >= 15 is 4.79 Å². The van der Waals surface area contributed by atoms with Crippen LogP contribution in [0.1, 0.15) is 29.9 Å². The van der Waals surface area contributed by atoms with Crippen LogP contribution in [0.2, 0.25) is 5.02 Å². The molecule has 1 saturated carbocycles. The number of carbonyl (C=O) groups excluding carboxylic acids is 5. The molecule has 2 heterocycles. The van der Waals surface area contributed by atoms with E-state index in [1.54, 1.807) is 36.4 Å². The number of hydrogen-bond donors (Lipinski definition) is 2. The predicted molar refractivity (Wildman–Crippen MR) is 179 cm³/mol. The highest BCUT2D eigenvalue weighted by atomic mass is 35.5. The molecule has 6 unspecified atom stereocenters. The first-order valence-electron chi connectivity index (χ1n) is 16.1. The number of carbonyl (C=O) groups is 5. The van der Waals surface area contributed by atoms with Crippen molar-refractivity contribution in [2.75, 3.05) is 12.5 Å². The van der Waals surface area contributed by atoms with E-state index < -0.39 is 70.5 Å². The van der Waals surface area contributed by atoms with Gasteiger partial charge in [0.25, 0.3) is 11.8 Å². The second-order valence-electron chi connectivity index (χ2n) is 13.1. The topological polar surface area (TPSA) is 133 Å². The molecule has 2 aliphatic heterocycles. The number of allylic oxidation sites excluding steroid dienone is 2. The zero-order valence-corrected chi connectivity index (χ0v) is 27.3. The van der Waals surface area contributed by atoms with E-state index in [4.69, 9.17) is 16.3 Å². The van der Waals surface area contributed by atoms with Crippen molar-refractivity contribution < 1.29 is 38.2 Å². The summed E-state index contributed by atoms with van der Waals surface area (Å²) in [5.41, 5.74) is 2.93. The Morgan fingerprint density at radius 2 is 1.64 bits per heavy atom. The molecule has 252 valence electrons. The molecule has 50 heavy (non-hydrogen) atoms. The number of ether oxygens (including phenoxy) is 1. The lowest BCUT2D eigenvalue weighted by molar-refractivity contribution is -0.140. The fraction of sp³-hybridized carbons (Fsp3) is 0.237. The molecule has 8 rings (SSSR count). The number of amides is 5. The van der Waals surface area contributed by atoms with Gasteiger partial charge in [-0.3, -0.25) is 24.6 Å². The average Bonchev–Trinajstić information content (AvgIpc) is 3.50. The summed E-state index contributed by atoms with van der Waals surface area (Å²) in [5.74, 6) is -8.10. The Kier molecular flexibility index (Phi) is 7.30. The number of halogens is 2. The Morgan fingerprint density at radius 1 is 0.920 bits per heavy atom. The highest BCUT2D eigenvalue weighted by Crippen LogP contribution is 2.65. The molecule has 4 aromatic rings. The number of methoxy groups -OCH3 is 1. The summed E-state index contributed by atoms with van der Waals surface area (Å²) in [6, 6.07) is 22.5. The minimum Gasteiger partial charge on any atom is -0.508 e. The van der Waals surface area contributed by atoms with Gasteiger partial charge in [-0.1, -0.05) is 65.7 Å². The van der Waals surface area contributed by atoms with Crippen LogP contribution in [0, 0.1) is 29.5 Å². The van der Waals surface area contributed by atoms with Crippen LogP contribution < -0.4 is 5.43 Å². The first-order valence-corrected chi connectivity index (χ1v) is 16.5. The largest absolute Gasteiger partial charge is 0.508 e. The minimum atomic E-state index is -1.68. The Balaban J connectivity index is 1.40. The molecule has 2 N–H and O–H groups in total. The van der Waals surface area contributed by atoms with Crippen LogP contribution in [0.3, 0.4) is 0 Å². The fourth-order valence-corrected chi connectivity index (χ4v) is 8.95. The van der Waals surface area contributed by atoms with Gasteiger partial charge in [0.1, 0.15) is 11.6 Å². The Morgan fingerprint density at radius 3 is 2.36 bits per heavy atom. The second kappa shape index (κ2) is 11.5. The minimum absolute atomic E-state index is 0.0299. The van der Waals surface area contributed by atoms with Crippen molar-refractivity contribution in [3.05, 3.63) is 119 Å². The lowest BCUT2D eigenvalue weighted by Gasteiger charge is -2.51. The number of imide groups is 4. The summed E-state index contributed by atoms with van der Waals surface area (Å²) in [7, 11) is 1.08. The normalized spacial score (nSPS) is 27.2. The third-order valence-electron chi connectivity index (χ3n) is 10.8. The van der Waals surface area contributed by atoms with Crippen molar-refractivity contribution in [3.8, 4) is 5.75 Å². The molecule has 0 bridgehead atoms. The first-order chi connectivity index (χ1) is 24.1. The highest BCUT2D eigenvalue weighted by molar-refractivity contribution is 6.30. The van der Waals surface area contributed by atoms with Gasteiger partial charge in [-0.25, -0.2) is 9.18 Å². The van der Waals surface area contributed by atoms with Gasteiger partial charge in [0.05, 0.1) is 36.0 Å². The molecule has 2 saturated heterocycles. The molecule has 0 radical (unpaired) electrons. The molecule has 4 aliphatic rings.